The molecule has 0 heterocycles. The average Bonchev–Trinajstić information content (AvgIpc) is 2.09. The summed E-state index contributed by atoms with van der Waals surface area (Å²) < 4.78 is 15.6. The molecular formula is C9H22P+. The Kier molecular flexibility index (Phi) is 3.64. The molecule has 0 saturated carbocycles. The molecule has 0 radical (unpaired) electrons. The lowest BCUT2D eigenvalue weighted by Gasteiger charge is -2.18. The van der Waals surface area contributed by atoms with Crippen molar-refractivity contribution in [3.05, 3.63) is 0 Å². The second-order valence-corrected chi connectivity index (χ2v) is 6.89. The molecule has 0 aromatic rings. The van der Waals surface area contributed by atoms with Gasteiger partial charge in [-0.1, -0.05) is 13.3 Å². The van der Waals surface area contributed by atoms with Gasteiger partial charge in [0.05, 0.1) is 21.2 Å². The average molecular weight is 163 g/mol. The smallest absolute Gasteiger partial charge is 0.0652 e. The van der Waals surface area contributed by atoms with Gasteiger partial charge in [0.25, 0.3) is 0 Å². The summed E-state index contributed by atoms with van der Waals surface area (Å²) in [6, 6.07) is 0. The fourth-order valence-electron chi connectivity index (χ4n) is 0.885. The minimum Gasteiger partial charge on any atom is -0.0652 e. The van der Waals surface area contributed by atoms with Crippen molar-refractivity contribution in [3.63, 3.8) is 0 Å². The third kappa shape index (κ3) is 3.56. The molecule has 0 N–H and O–H groups in total. The maximum atomic E-state index is 8.01. The zero-order valence-electron chi connectivity index (χ0n) is 9.56. The zero-order valence-corrected chi connectivity index (χ0v) is 8.45. The van der Waals surface area contributed by atoms with E-state index < -0.39 is 7.26 Å². The van der Waals surface area contributed by atoms with E-state index in [-0.39, 0.29) is 6.14 Å². The molecule has 62 valence electrons. The lowest BCUT2D eigenvalue weighted by atomic mass is 10.4. The van der Waals surface area contributed by atoms with Gasteiger partial charge < -0.3 is 0 Å². The lowest BCUT2D eigenvalue weighted by Crippen LogP contribution is -2.02. The van der Waals surface area contributed by atoms with Crippen LogP contribution in [-0.4, -0.2) is 25.1 Å². The summed E-state index contributed by atoms with van der Waals surface area (Å²) in [6.45, 7) is 6.96. The summed E-state index contributed by atoms with van der Waals surface area (Å²) in [5.74, 6) is 0. The summed E-state index contributed by atoms with van der Waals surface area (Å²) in [4.78, 5) is 0. The largest absolute Gasteiger partial charge is 0.0708 e. The summed E-state index contributed by atoms with van der Waals surface area (Å²) in [5.41, 5.74) is 0. The topological polar surface area (TPSA) is 0 Å². The van der Waals surface area contributed by atoms with E-state index in [2.05, 4.69) is 20.8 Å². The SMILES string of the molecule is [2H]C[P+](CC)(CC)C([2H])CCC. The highest BCUT2D eigenvalue weighted by molar-refractivity contribution is 7.75. The van der Waals surface area contributed by atoms with E-state index in [4.69, 9.17) is 2.74 Å². The van der Waals surface area contributed by atoms with Crippen LogP contribution < -0.4 is 0 Å². The summed E-state index contributed by atoms with van der Waals surface area (Å²) >= 11 is 0. The Hall–Kier alpha value is 0.430. The van der Waals surface area contributed by atoms with Crippen LogP contribution in [0.5, 0.6) is 0 Å². The van der Waals surface area contributed by atoms with E-state index in [1.54, 1.807) is 0 Å². The van der Waals surface area contributed by atoms with Crippen LogP contribution in [0.25, 0.3) is 0 Å². The molecule has 0 bridgehead atoms. The Morgan fingerprint density at radius 3 is 2.20 bits per heavy atom. The molecule has 1 atom stereocenters. The molecule has 0 aromatic carbocycles. The van der Waals surface area contributed by atoms with Crippen LogP contribution in [0.2, 0.25) is 0 Å². The Morgan fingerprint density at radius 1 is 1.30 bits per heavy atom. The first-order valence-corrected chi connectivity index (χ1v) is 6.65. The number of hydrogen-bond acceptors (Lipinski definition) is 0. The van der Waals surface area contributed by atoms with E-state index >= 15 is 0 Å². The van der Waals surface area contributed by atoms with Crippen molar-refractivity contribution in [2.75, 3.05) is 25.1 Å². The second kappa shape index (κ2) is 5.13. The highest BCUT2D eigenvalue weighted by atomic mass is 31.2. The van der Waals surface area contributed by atoms with E-state index in [0.29, 0.717) is 6.64 Å². The molecule has 0 nitrogen and oxygen atoms in total. The van der Waals surface area contributed by atoms with Crippen molar-refractivity contribution in [1.82, 2.24) is 0 Å². The van der Waals surface area contributed by atoms with Gasteiger partial charge in [-0.3, -0.25) is 0 Å². The van der Waals surface area contributed by atoms with E-state index in [1.165, 1.54) is 0 Å². The van der Waals surface area contributed by atoms with Crippen LogP contribution in [-0.2, 0) is 0 Å². The summed E-state index contributed by atoms with van der Waals surface area (Å²) in [7, 11) is -1.21. The van der Waals surface area contributed by atoms with Crippen molar-refractivity contribution < 1.29 is 2.74 Å². The fraction of sp³-hybridized carbons (Fsp3) is 1.00. The van der Waals surface area contributed by atoms with E-state index in [1.807, 2.05) is 0 Å². The van der Waals surface area contributed by atoms with Crippen molar-refractivity contribution in [1.29, 1.82) is 0 Å². The van der Waals surface area contributed by atoms with Gasteiger partial charge in [0.15, 0.2) is 0 Å². The quantitative estimate of drug-likeness (QED) is 0.544. The van der Waals surface area contributed by atoms with E-state index in [0.717, 1.165) is 25.2 Å². The van der Waals surface area contributed by atoms with Gasteiger partial charge >= 0.3 is 0 Å². The highest BCUT2D eigenvalue weighted by Crippen LogP contribution is 2.54. The summed E-state index contributed by atoms with van der Waals surface area (Å²) in [5, 5.41) is 0. The molecule has 0 rings (SSSR count). The molecule has 10 heavy (non-hydrogen) atoms. The van der Waals surface area contributed by atoms with Crippen LogP contribution >= 0.6 is 7.26 Å². The zero-order chi connectivity index (χ0) is 9.61. The monoisotopic (exact) mass is 163 g/mol. The minimum absolute atomic E-state index is 0.0787. The Bertz CT molecular complexity index is 105. The van der Waals surface area contributed by atoms with Gasteiger partial charge in [-0.2, -0.15) is 0 Å². The highest BCUT2D eigenvalue weighted by Gasteiger charge is 2.24. The molecule has 0 amide bonds. The standard InChI is InChI=1S/C9H22P/c1-5-8-9-10(4,6-2)7-3/h5-9H2,1-4H3/q+1/i4D,9D. The van der Waals surface area contributed by atoms with Gasteiger partial charge in [-0.25, -0.2) is 0 Å². The van der Waals surface area contributed by atoms with Crippen LogP contribution in [0.15, 0.2) is 0 Å². The van der Waals surface area contributed by atoms with Crippen molar-refractivity contribution >= 4 is 7.26 Å². The van der Waals surface area contributed by atoms with Crippen LogP contribution in [0.3, 0.4) is 0 Å². The first-order chi connectivity index (χ1) is 5.66. The molecular weight excluding hydrogens is 139 g/mol. The Labute approximate surface area is 69.6 Å². The fourth-order valence-corrected chi connectivity index (χ4v) is 2.65. The molecule has 0 spiro atoms. The third-order valence-electron chi connectivity index (χ3n) is 2.06. The Morgan fingerprint density at radius 2 is 1.90 bits per heavy atom. The van der Waals surface area contributed by atoms with Gasteiger partial charge in [0.1, 0.15) is 0 Å². The second-order valence-electron chi connectivity index (χ2n) is 2.82. The van der Waals surface area contributed by atoms with Gasteiger partial charge in [0.2, 0.25) is 0 Å². The molecule has 0 aromatic heterocycles. The molecule has 0 aliphatic rings. The molecule has 1 heteroatoms. The minimum atomic E-state index is -1.21. The predicted molar refractivity (Wildman–Crippen MR) is 53.7 cm³/mol. The van der Waals surface area contributed by atoms with Gasteiger partial charge in [0, 0.05) is 13.9 Å². The lowest BCUT2D eigenvalue weighted by molar-refractivity contribution is 0.885. The molecule has 0 aliphatic carbocycles. The molecule has 0 saturated heterocycles. The van der Waals surface area contributed by atoms with Crippen LogP contribution in [0.4, 0.5) is 0 Å². The van der Waals surface area contributed by atoms with Gasteiger partial charge in [-0.15, -0.1) is 0 Å². The number of hydrogen-bond donors (Lipinski definition) is 0. The normalized spacial score (nSPS) is 17.9. The Balaban J connectivity index is 4.24. The number of rotatable bonds is 5. The third-order valence-corrected chi connectivity index (χ3v) is 5.62. The molecule has 0 aliphatic heterocycles. The van der Waals surface area contributed by atoms with Crippen molar-refractivity contribution in [2.24, 2.45) is 0 Å². The predicted octanol–water partition coefficient (Wildman–Crippen LogP) is 3.47. The van der Waals surface area contributed by atoms with Crippen molar-refractivity contribution in [2.45, 2.75) is 33.6 Å². The van der Waals surface area contributed by atoms with Crippen molar-refractivity contribution in [3.8, 4) is 0 Å². The molecule has 0 fully saturated rings. The van der Waals surface area contributed by atoms with E-state index in [9.17, 15) is 0 Å². The maximum Gasteiger partial charge on any atom is 0.0708 e. The first-order valence-electron chi connectivity index (χ1n) is 5.52. The van der Waals surface area contributed by atoms with Crippen LogP contribution in [0.1, 0.15) is 36.4 Å². The maximum absolute atomic E-state index is 8.01. The molecule has 1 unspecified atom stereocenters. The first kappa shape index (κ1) is 7.10. The van der Waals surface area contributed by atoms with Crippen LogP contribution in [0, 0.1) is 0 Å². The van der Waals surface area contributed by atoms with Gasteiger partial charge in [-0.05, 0) is 20.3 Å². The summed E-state index contributed by atoms with van der Waals surface area (Å²) in [6.07, 6.45) is 4.34.